The highest BCUT2D eigenvalue weighted by atomic mass is 19.1. The summed E-state index contributed by atoms with van der Waals surface area (Å²) >= 11 is 0. The third-order valence-electron chi connectivity index (χ3n) is 3.14. The molecule has 1 aliphatic rings. The van der Waals surface area contributed by atoms with E-state index in [0.29, 0.717) is 12.1 Å². The zero-order valence-electron chi connectivity index (χ0n) is 10.3. The van der Waals surface area contributed by atoms with Gasteiger partial charge in [0, 0.05) is 18.7 Å². The van der Waals surface area contributed by atoms with Crippen LogP contribution in [0.3, 0.4) is 0 Å². The van der Waals surface area contributed by atoms with Gasteiger partial charge in [-0.05, 0) is 43.9 Å². The van der Waals surface area contributed by atoms with Crippen molar-refractivity contribution < 1.29 is 9.13 Å². The maximum absolute atomic E-state index is 12.8. The van der Waals surface area contributed by atoms with Gasteiger partial charge in [0.15, 0.2) is 0 Å². The van der Waals surface area contributed by atoms with Crippen LogP contribution in [-0.2, 0) is 11.2 Å². The Balaban J connectivity index is 1.79. The third-order valence-corrected chi connectivity index (χ3v) is 3.14. The molecule has 1 N–H and O–H groups in total. The molecule has 2 nitrogen and oxygen atoms in total. The molecule has 0 spiro atoms. The minimum Gasteiger partial charge on any atom is -0.380 e. The summed E-state index contributed by atoms with van der Waals surface area (Å²) in [5, 5.41) is 3.56. The summed E-state index contributed by atoms with van der Waals surface area (Å²) in [4.78, 5) is 0. The van der Waals surface area contributed by atoms with Crippen LogP contribution in [0, 0.1) is 5.82 Å². The Hall–Kier alpha value is -0.930. The van der Waals surface area contributed by atoms with Gasteiger partial charge < -0.3 is 10.1 Å². The van der Waals surface area contributed by atoms with Gasteiger partial charge in [-0.15, -0.1) is 0 Å². The molecule has 0 radical (unpaired) electrons. The number of benzene rings is 1. The van der Waals surface area contributed by atoms with Crippen LogP contribution >= 0.6 is 0 Å². The monoisotopic (exact) mass is 237 g/mol. The van der Waals surface area contributed by atoms with E-state index in [0.717, 1.165) is 26.1 Å². The van der Waals surface area contributed by atoms with Gasteiger partial charge in [0.25, 0.3) is 0 Å². The molecule has 1 aliphatic heterocycles. The summed E-state index contributed by atoms with van der Waals surface area (Å²) in [5.41, 5.74) is 1.17. The van der Waals surface area contributed by atoms with Gasteiger partial charge in [-0.2, -0.15) is 0 Å². The average molecular weight is 237 g/mol. The fourth-order valence-electron chi connectivity index (χ4n) is 2.31. The number of hydrogen-bond acceptors (Lipinski definition) is 2. The van der Waals surface area contributed by atoms with E-state index in [2.05, 4.69) is 12.2 Å². The van der Waals surface area contributed by atoms with Crippen molar-refractivity contribution in [1.29, 1.82) is 0 Å². The normalized spacial score (nSPS) is 22.4. The number of ether oxygens (including phenoxy) is 1. The minimum absolute atomic E-state index is 0.171. The van der Waals surface area contributed by atoms with Gasteiger partial charge in [-0.25, -0.2) is 4.39 Å². The smallest absolute Gasteiger partial charge is 0.123 e. The molecule has 94 valence electrons. The quantitative estimate of drug-likeness (QED) is 0.869. The zero-order chi connectivity index (χ0) is 12.1. The highest BCUT2D eigenvalue weighted by Gasteiger charge is 2.15. The highest BCUT2D eigenvalue weighted by molar-refractivity contribution is 5.17. The molecular formula is C14H20FNO. The predicted octanol–water partition coefficient (Wildman–Crippen LogP) is 2.53. The van der Waals surface area contributed by atoms with Gasteiger partial charge >= 0.3 is 0 Å². The Morgan fingerprint density at radius 1 is 1.41 bits per heavy atom. The SMILES string of the molecule is CC(Cc1ccc(F)cc1)NC1CCCOC1. The lowest BCUT2D eigenvalue weighted by atomic mass is 10.0. The molecule has 0 aliphatic carbocycles. The molecule has 1 aromatic rings. The second-order valence-corrected chi connectivity index (χ2v) is 4.81. The molecule has 0 bridgehead atoms. The van der Waals surface area contributed by atoms with Crippen LogP contribution in [0.5, 0.6) is 0 Å². The van der Waals surface area contributed by atoms with Gasteiger partial charge in [0.1, 0.15) is 5.82 Å². The van der Waals surface area contributed by atoms with Crippen molar-refractivity contribution in [3.05, 3.63) is 35.6 Å². The van der Waals surface area contributed by atoms with Crippen LogP contribution in [-0.4, -0.2) is 25.3 Å². The Kier molecular flexibility index (Phi) is 4.51. The van der Waals surface area contributed by atoms with Gasteiger partial charge in [0.2, 0.25) is 0 Å². The second-order valence-electron chi connectivity index (χ2n) is 4.81. The fraction of sp³-hybridized carbons (Fsp3) is 0.571. The molecule has 3 heteroatoms. The van der Waals surface area contributed by atoms with E-state index in [1.165, 1.54) is 24.1 Å². The molecule has 0 saturated carbocycles. The van der Waals surface area contributed by atoms with Crippen LogP contribution in [0.15, 0.2) is 24.3 Å². The van der Waals surface area contributed by atoms with E-state index in [-0.39, 0.29) is 5.82 Å². The van der Waals surface area contributed by atoms with Crippen molar-refractivity contribution in [3.63, 3.8) is 0 Å². The first-order valence-electron chi connectivity index (χ1n) is 6.32. The minimum atomic E-state index is -0.171. The first kappa shape index (κ1) is 12.5. The molecule has 1 aromatic carbocycles. The summed E-state index contributed by atoms with van der Waals surface area (Å²) in [5.74, 6) is -0.171. The van der Waals surface area contributed by atoms with Gasteiger partial charge in [-0.3, -0.25) is 0 Å². The number of halogens is 1. The average Bonchev–Trinajstić information content (AvgIpc) is 2.33. The topological polar surface area (TPSA) is 21.3 Å². The van der Waals surface area contributed by atoms with Crippen LogP contribution < -0.4 is 5.32 Å². The van der Waals surface area contributed by atoms with Crippen molar-refractivity contribution in [2.24, 2.45) is 0 Å². The van der Waals surface area contributed by atoms with Crippen molar-refractivity contribution in [2.75, 3.05) is 13.2 Å². The standard InChI is InChI=1S/C14H20FNO/c1-11(16-14-3-2-8-17-10-14)9-12-4-6-13(15)7-5-12/h4-7,11,14,16H,2-3,8-10H2,1H3. The summed E-state index contributed by atoms with van der Waals surface area (Å²) in [7, 11) is 0. The summed E-state index contributed by atoms with van der Waals surface area (Å²) in [6.45, 7) is 3.87. The maximum Gasteiger partial charge on any atom is 0.123 e. The van der Waals surface area contributed by atoms with Crippen molar-refractivity contribution in [2.45, 2.75) is 38.3 Å². The number of rotatable bonds is 4. The van der Waals surface area contributed by atoms with Crippen LogP contribution in [0.4, 0.5) is 4.39 Å². The van der Waals surface area contributed by atoms with Crippen LogP contribution in [0.2, 0.25) is 0 Å². The van der Waals surface area contributed by atoms with E-state index in [1.54, 1.807) is 0 Å². The van der Waals surface area contributed by atoms with Crippen molar-refractivity contribution in [1.82, 2.24) is 5.32 Å². The predicted molar refractivity (Wildman–Crippen MR) is 66.5 cm³/mol. The molecule has 1 heterocycles. The Morgan fingerprint density at radius 3 is 2.82 bits per heavy atom. The Labute approximate surface area is 102 Å². The van der Waals surface area contributed by atoms with Crippen molar-refractivity contribution in [3.8, 4) is 0 Å². The number of hydrogen-bond donors (Lipinski definition) is 1. The molecule has 17 heavy (non-hydrogen) atoms. The van der Waals surface area contributed by atoms with Crippen LogP contribution in [0.25, 0.3) is 0 Å². The van der Waals surface area contributed by atoms with Gasteiger partial charge in [0.05, 0.1) is 6.61 Å². The summed E-state index contributed by atoms with van der Waals surface area (Å²) in [6, 6.07) is 7.61. The molecule has 2 atom stereocenters. The third kappa shape index (κ3) is 4.10. The largest absolute Gasteiger partial charge is 0.380 e. The van der Waals surface area contributed by atoms with Gasteiger partial charge in [-0.1, -0.05) is 12.1 Å². The van der Waals surface area contributed by atoms with Crippen molar-refractivity contribution >= 4 is 0 Å². The van der Waals surface area contributed by atoms with Crippen LogP contribution in [0.1, 0.15) is 25.3 Å². The maximum atomic E-state index is 12.8. The van der Waals surface area contributed by atoms with E-state index >= 15 is 0 Å². The summed E-state index contributed by atoms with van der Waals surface area (Å²) in [6.07, 6.45) is 3.26. The molecular weight excluding hydrogens is 217 g/mol. The molecule has 1 fully saturated rings. The fourth-order valence-corrected chi connectivity index (χ4v) is 2.31. The Morgan fingerprint density at radius 2 is 2.18 bits per heavy atom. The molecule has 0 amide bonds. The van der Waals surface area contributed by atoms with E-state index in [9.17, 15) is 4.39 Å². The molecule has 0 aromatic heterocycles. The van der Waals surface area contributed by atoms with E-state index in [1.807, 2.05) is 12.1 Å². The number of nitrogens with one attached hydrogen (secondary N) is 1. The lowest BCUT2D eigenvalue weighted by Gasteiger charge is -2.26. The van der Waals surface area contributed by atoms with E-state index < -0.39 is 0 Å². The Bertz CT molecular complexity index is 333. The molecule has 1 saturated heterocycles. The highest BCUT2D eigenvalue weighted by Crippen LogP contribution is 2.09. The summed E-state index contributed by atoms with van der Waals surface area (Å²) < 4.78 is 18.2. The lowest BCUT2D eigenvalue weighted by Crippen LogP contribution is -2.42. The lowest BCUT2D eigenvalue weighted by molar-refractivity contribution is 0.0671. The second kappa shape index (κ2) is 6.12. The first-order chi connectivity index (χ1) is 8.24. The zero-order valence-corrected chi connectivity index (χ0v) is 10.3. The van der Waals surface area contributed by atoms with E-state index in [4.69, 9.17) is 4.74 Å². The first-order valence-corrected chi connectivity index (χ1v) is 6.32. The molecule has 2 unspecified atom stereocenters. The molecule has 2 rings (SSSR count).